The third kappa shape index (κ3) is 2.96. The van der Waals surface area contributed by atoms with Gasteiger partial charge >= 0.3 is 0 Å². The molecule has 94 valence electrons. The first-order chi connectivity index (χ1) is 8.70. The van der Waals surface area contributed by atoms with E-state index in [4.69, 9.17) is 15.2 Å². The van der Waals surface area contributed by atoms with Gasteiger partial charge in [-0.15, -0.1) is 0 Å². The van der Waals surface area contributed by atoms with Crippen molar-refractivity contribution >= 4 is 21.6 Å². The molecule has 0 saturated carbocycles. The maximum atomic E-state index is 5.74. The van der Waals surface area contributed by atoms with Gasteiger partial charge < -0.3 is 15.2 Å². The zero-order valence-electron chi connectivity index (χ0n) is 10.0. The molecule has 0 fully saturated rings. The highest BCUT2D eigenvalue weighted by Gasteiger charge is 2.05. The fourth-order valence-corrected chi connectivity index (χ4v) is 1.97. The predicted octanol–water partition coefficient (Wildman–Crippen LogP) is 3.62. The van der Waals surface area contributed by atoms with Crippen LogP contribution < -0.4 is 15.2 Å². The Labute approximate surface area is 115 Å². The van der Waals surface area contributed by atoms with Crippen molar-refractivity contribution in [2.45, 2.75) is 6.61 Å². The average Bonchev–Trinajstić information content (AvgIpc) is 2.40. The number of para-hydroxylation sites is 1. The molecule has 0 amide bonds. The maximum absolute atomic E-state index is 5.74. The average molecular weight is 308 g/mol. The summed E-state index contributed by atoms with van der Waals surface area (Å²) in [6.45, 7) is 0.437. The molecule has 3 nitrogen and oxygen atoms in total. The summed E-state index contributed by atoms with van der Waals surface area (Å²) < 4.78 is 11.9. The van der Waals surface area contributed by atoms with Gasteiger partial charge in [0, 0.05) is 17.3 Å². The zero-order valence-corrected chi connectivity index (χ0v) is 11.6. The largest absolute Gasteiger partial charge is 0.496 e. The van der Waals surface area contributed by atoms with Gasteiger partial charge in [-0.25, -0.2) is 0 Å². The molecule has 4 heteroatoms. The van der Waals surface area contributed by atoms with Gasteiger partial charge in [-0.05, 0) is 34.1 Å². The lowest BCUT2D eigenvalue weighted by Gasteiger charge is -2.11. The third-order valence-electron chi connectivity index (χ3n) is 2.53. The highest BCUT2D eigenvalue weighted by Crippen LogP contribution is 2.28. The molecule has 2 aromatic rings. The van der Waals surface area contributed by atoms with Crippen molar-refractivity contribution in [3.63, 3.8) is 0 Å². The van der Waals surface area contributed by atoms with Crippen LogP contribution in [0.25, 0.3) is 0 Å². The molecule has 0 aliphatic carbocycles. The Morgan fingerprint density at radius 1 is 1.11 bits per heavy atom. The second-order valence-corrected chi connectivity index (χ2v) is 4.64. The van der Waals surface area contributed by atoms with E-state index in [-0.39, 0.29) is 0 Å². The summed E-state index contributed by atoms with van der Waals surface area (Å²) >= 11 is 3.43. The first-order valence-electron chi connectivity index (χ1n) is 5.50. The van der Waals surface area contributed by atoms with Crippen LogP contribution in [0.2, 0.25) is 0 Å². The SMILES string of the molecule is COc1ccccc1COc1cc(N)ccc1Br. The summed E-state index contributed by atoms with van der Waals surface area (Å²) in [6.07, 6.45) is 0. The van der Waals surface area contributed by atoms with Crippen LogP contribution >= 0.6 is 15.9 Å². The summed E-state index contributed by atoms with van der Waals surface area (Å²) in [7, 11) is 1.65. The summed E-state index contributed by atoms with van der Waals surface area (Å²) in [5.41, 5.74) is 7.40. The van der Waals surface area contributed by atoms with Gasteiger partial charge in [0.2, 0.25) is 0 Å². The molecule has 0 unspecified atom stereocenters. The topological polar surface area (TPSA) is 44.5 Å². The number of anilines is 1. The van der Waals surface area contributed by atoms with Crippen LogP contribution in [-0.4, -0.2) is 7.11 Å². The van der Waals surface area contributed by atoms with Gasteiger partial charge in [-0.1, -0.05) is 18.2 Å². The number of rotatable bonds is 4. The number of benzene rings is 2. The zero-order chi connectivity index (χ0) is 13.0. The Balaban J connectivity index is 2.14. The quantitative estimate of drug-likeness (QED) is 0.877. The number of nitrogens with two attached hydrogens (primary N) is 1. The highest BCUT2D eigenvalue weighted by atomic mass is 79.9. The molecule has 0 aromatic heterocycles. The van der Waals surface area contributed by atoms with Crippen LogP contribution in [0.1, 0.15) is 5.56 Å². The monoisotopic (exact) mass is 307 g/mol. The fourth-order valence-electron chi connectivity index (χ4n) is 1.61. The van der Waals surface area contributed by atoms with Crippen molar-refractivity contribution in [3.8, 4) is 11.5 Å². The summed E-state index contributed by atoms with van der Waals surface area (Å²) in [4.78, 5) is 0. The number of hydrogen-bond donors (Lipinski definition) is 1. The molecule has 18 heavy (non-hydrogen) atoms. The number of hydrogen-bond acceptors (Lipinski definition) is 3. The molecule has 2 rings (SSSR count). The van der Waals surface area contributed by atoms with Crippen molar-refractivity contribution in [3.05, 3.63) is 52.5 Å². The van der Waals surface area contributed by atoms with Gasteiger partial charge in [0.15, 0.2) is 0 Å². The smallest absolute Gasteiger partial charge is 0.136 e. The first-order valence-corrected chi connectivity index (χ1v) is 6.29. The lowest BCUT2D eigenvalue weighted by molar-refractivity contribution is 0.295. The third-order valence-corrected chi connectivity index (χ3v) is 3.19. The fraction of sp³-hybridized carbons (Fsp3) is 0.143. The van der Waals surface area contributed by atoms with Crippen LogP contribution in [0.4, 0.5) is 5.69 Å². The van der Waals surface area contributed by atoms with Gasteiger partial charge in [0.1, 0.15) is 18.1 Å². The second kappa shape index (κ2) is 5.78. The molecular weight excluding hydrogens is 294 g/mol. The van der Waals surface area contributed by atoms with E-state index in [1.807, 2.05) is 36.4 Å². The predicted molar refractivity (Wildman–Crippen MR) is 75.9 cm³/mol. The van der Waals surface area contributed by atoms with Crippen LogP contribution in [0.3, 0.4) is 0 Å². The standard InChI is InChI=1S/C14H14BrNO2/c1-17-13-5-3-2-4-10(13)9-18-14-8-11(16)6-7-12(14)15/h2-8H,9,16H2,1H3. The van der Waals surface area contributed by atoms with Crippen molar-refractivity contribution in [2.24, 2.45) is 0 Å². The molecule has 2 N–H and O–H groups in total. The van der Waals surface area contributed by atoms with E-state index in [2.05, 4.69) is 15.9 Å². The molecule has 0 aliphatic heterocycles. The van der Waals surface area contributed by atoms with Crippen molar-refractivity contribution < 1.29 is 9.47 Å². The van der Waals surface area contributed by atoms with E-state index in [1.165, 1.54) is 0 Å². The van der Waals surface area contributed by atoms with E-state index in [9.17, 15) is 0 Å². The Bertz CT molecular complexity index is 543. The Kier molecular flexibility index (Phi) is 4.10. The minimum atomic E-state index is 0.437. The van der Waals surface area contributed by atoms with E-state index < -0.39 is 0 Å². The Hall–Kier alpha value is -1.68. The van der Waals surface area contributed by atoms with Crippen LogP contribution in [0.15, 0.2) is 46.9 Å². The lowest BCUT2D eigenvalue weighted by Crippen LogP contribution is -1.99. The second-order valence-electron chi connectivity index (χ2n) is 3.79. The normalized spacial score (nSPS) is 10.1. The minimum Gasteiger partial charge on any atom is -0.496 e. The first kappa shape index (κ1) is 12.8. The van der Waals surface area contributed by atoms with E-state index in [0.29, 0.717) is 12.3 Å². The van der Waals surface area contributed by atoms with Crippen LogP contribution in [-0.2, 0) is 6.61 Å². The molecule has 0 atom stereocenters. The summed E-state index contributed by atoms with van der Waals surface area (Å²) in [6, 6.07) is 13.2. The van der Waals surface area contributed by atoms with E-state index in [0.717, 1.165) is 21.5 Å². The molecule has 0 aliphatic rings. The molecule has 0 bridgehead atoms. The lowest BCUT2D eigenvalue weighted by atomic mass is 10.2. The van der Waals surface area contributed by atoms with Gasteiger partial charge in [0.05, 0.1) is 11.6 Å². The van der Waals surface area contributed by atoms with Crippen LogP contribution in [0, 0.1) is 0 Å². The number of halogens is 1. The van der Waals surface area contributed by atoms with Crippen molar-refractivity contribution in [2.75, 3.05) is 12.8 Å². The molecule has 0 heterocycles. The summed E-state index contributed by atoms with van der Waals surface area (Å²) in [5, 5.41) is 0. The number of methoxy groups -OCH3 is 1. The van der Waals surface area contributed by atoms with Crippen molar-refractivity contribution in [1.29, 1.82) is 0 Å². The molecule has 0 saturated heterocycles. The molecule has 2 aromatic carbocycles. The van der Waals surface area contributed by atoms with Crippen molar-refractivity contribution in [1.82, 2.24) is 0 Å². The Morgan fingerprint density at radius 3 is 2.67 bits per heavy atom. The number of ether oxygens (including phenoxy) is 2. The van der Waals surface area contributed by atoms with Gasteiger partial charge in [-0.3, -0.25) is 0 Å². The highest BCUT2D eigenvalue weighted by molar-refractivity contribution is 9.10. The molecule has 0 radical (unpaired) electrons. The van der Waals surface area contributed by atoms with Crippen LogP contribution in [0.5, 0.6) is 11.5 Å². The Morgan fingerprint density at radius 2 is 1.89 bits per heavy atom. The maximum Gasteiger partial charge on any atom is 0.136 e. The minimum absolute atomic E-state index is 0.437. The van der Waals surface area contributed by atoms with E-state index in [1.54, 1.807) is 13.2 Å². The van der Waals surface area contributed by atoms with E-state index >= 15 is 0 Å². The molecular formula is C14H14BrNO2. The van der Waals surface area contributed by atoms with Gasteiger partial charge in [-0.2, -0.15) is 0 Å². The number of nitrogen functional groups attached to an aromatic ring is 1. The molecule has 0 spiro atoms. The summed E-state index contributed by atoms with van der Waals surface area (Å²) in [5.74, 6) is 1.54. The van der Waals surface area contributed by atoms with Gasteiger partial charge in [0.25, 0.3) is 0 Å².